The molecule has 1 aliphatic rings. The van der Waals surface area contributed by atoms with E-state index in [2.05, 4.69) is 15.4 Å². The van der Waals surface area contributed by atoms with Crippen molar-refractivity contribution in [1.82, 2.24) is 9.97 Å². The van der Waals surface area contributed by atoms with E-state index in [-0.39, 0.29) is 13.0 Å². The van der Waals surface area contributed by atoms with E-state index in [1.807, 2.05) is 6.92 Å². The van der Waals surface area contributed by atoms with Crippen molar-refractivity contribution in [3.63, 3.8) is 0 Å². The monoisotopic (exact) mass is 275 g/mol. The summed E-state index contributed by atoms with van der Waals surface area (Å²) in [6.07, 6.45) is -2.14. The molecule has 0 spiro atoms. The Labute approximate surface area is 109 Å². The molecule has 106 valence electrons. The molecular formula is C11H16F3N5. The third-order valence-corrected chi connectivity index (χ3v) is 3.36. The second-order valence-corrected chi connectivity index (χ2v) is 4.50. The fourth-order valence-electron chi connectivity index (χ4n) is 2.35. The number of nitrogens with two attached hydrogens (primary N) is 1. The first-order valence-electron chi connectivity index (χ1n) is 6.09. The van der Waals surface area contributed by atoms with E-state index in [9.17, 15) is 13.2 Å². The van der Waals surface area contributed by atoms with Gasteiger partial charge >= 0.3 is 6.18 Å². The minimum absolute atomic E-state index is 0.0580. The van der Waals surface area contributed by atoms with Gasteiger partial charge in [0.1, 0.15) is 18.0 Å². The minimum atomic E-state index is -4.15. The molecule has 0 aliphatic carbocycles. The van der Waals surface area contributed by atoms with Crippen molar-refractivity contribution >= 4 is 11.6 Å². The maximum Gasteiger partial charge on any atom is 0.393 e. The molecule has 1 aromatic rings. The zero-order valence-electron chi connectivity index (χ0n) is 10.5. The fourth-order valence-corrected chi connectivity index (χ4v) is 2.35. The fraction of sp³-hybridized carbons (Fsp3) is 0.636. The van der Waals surface area contributed by atoms with Crippen molar-refractivity contribution in [2.45, 2.75) is 25.9 Å². The molecule has 0 saturated carbocycles. The van der Waals surface area contributed by atoms with Crippen LogP contribution in [0.1, 0.15) is 18.9 Å². The lowest BCUT2D eigenvalue weighted by Gasteiger charge is -2.22. The van der Waals surface area contributed by atoms with E-state index in [1.165, 1.54) is 6.33 Å². The van der Waals surface area contributed by atoms with Gasteiger partial charge in [-0.3, -0.25) is 0 Å². The highest BCUT2D eigenvalue weighted by Crippen LogP contribution is 2.36. The number of hydrazine groups is 1. The van der Waals surface area contributed by atoms with Crippen LogP contribution >= 0.6 is 0 Å². The van der Waals surface area contributed by atoms with Crippen molar-refractivity contribution < 1.29 is 13.2 Å². The molecule has 0 amide bonds. The molecule has 8 heteroatoms. The van der Waals surface area contributed by atoms with E-state index >= 15 is 0 Å². The molecule has 0 radical (unpaired) electrons. The summed E-state index contributed by atoms with van der Waals surface area (Å²) in [5, 5.41) is 0. The van der Waals surface area contributed by atoms with Gasteiger partial charge in [-0.15, -0.1) is 0 Å². The summed E-state index contributed by atoms with van der Waals surface area (Å²) in [5.41, 5.74) is 3.20. The van der Waals surface area contributed by atoms with E-state index < -0.39 is 12.1 Å². The molecule has 5 nitrogen and oxygen atoms in total. The van der Waals surface area contributed by atoms with E-state index in [4.69, 9.17) is 5.84 Å². The maximum atomic E-state index is 12.7. The van der Waals surface area contributed by atoms with Crippen molar-refractivity contribution in [2.75, 3.05) is 23.4 Å². The summed E-state index contributed by atoms with van der Waals surface area (Å²) in [6, 6.07) is 0. The number of nitrogen functional groups attached to an aromatic ring is 1. The van der Waals surface area contributed by atoms with Crippen LogP contribution in [0.5, 0.6) is 0 Å². The Balaban J connectivity index is 2.24. The van der Waals surface area contributed by atoms with Crippen molar-refractivity contribution in [2.24, 2.45) is 11.8 Å². The molecule has 0 bridgehead atoms. The molecule has 2 rings (SSSR count). The topological polar surface area (TPSA) is 67.1 Å². The highest BCUT2D eigenvalue weighted by Gasteiger charge is 2.44. The molecule has 1 aromatic heterocycles. The summed E-state index contributed by atoms with van der Waals surface area (Å²) >= 11 is 0. The Morgan fingerprint density at radius 1 is 1.47 bits per heavy atom. The molecule has 0 aromatic carbocycles. The predicted molar refractivity (Wildman–Crippen MR) is 65.6 cm³/mol. The second-order valence-electron chi connectivity index (χ2n) is 4.50. The van der Waals surface area contributed by atoms with Gasteiger partial charge in [0.2, 0.25) is 0 Å². The van der Waals surface area contributed by atoms with Gasteiger partial charge < -0.3 is 10.3 Å². The van der Waals surface area contributed by atoms with Crippen LogP contribution in [-0.4, -0.2) is 29.2 Å². The van der Waals surface area contributed by atoms with Crippen LogP contribution in [0, 0.1) is 5.92 Å². The van der Waals surface area contributed by atoms with Crippen LogP contribution < -0.4 is 16.2 Å². The number of aromatic nitrogens is 2. The zero-order chi connectivity index (χ0) is 14.0. The van der Waals surface area contributed by atoms with Crippen molar-refractivity contribution in [3.05, 3.63) is 11.9 Å². The lowest BCUT2D eigenvalue weighted by atomic mass is 10.1. The number of anilines is 2. The maximum absolute atomic E-state index is 12.7. The van der Waals surface area contributed by atoms with Crippen LogP contribution in [0.25, 0.3) is 0 Å². The first-order chi connectivity index (χ1) is 8.97. The molecule has 2 heterocycles. The Morgan fingerprint density at radius 2 is 2.21 bits per heavy atom. The number of rotatable bonds is 3. The Morgan fingerprint density at radius 3 is 2.74 bits per heavy atom. The number of alkyl halides is 3. The lowest BCUT2D eigenvalue weighted by Crippen LogP contribution is -2.28. The quantitative estimate of drug-likeness (QED) is 0.649. The van der Waals surface area contributed by atoms with E-state index in [0.717, 1.165) is 5.56 Å². The standard InChI is InChI=1S/C11H16F3N5/c1-2-8-9(18-15)16-6-17-10(8)19-4-3-7(5-19)11(12,13)14/h6-7H,2-5,15H2,1H3,(H,16,17,18). The predicted octanol–water partition coefficient (Wildman–Crippen LogP) is 1.71. The molecule has 1 fully saturated rings. The van der Waals surface area contributed by atoms with Gasteiger partial charge in [-0.05, 0) is 12.8 Å². The molecular weight excluding hydrogens is 259 g/mol. The van der Waals surface area contributed by atoms with Crippen molar-refractivity contribution in [3.8, 4) is 0 Å². The van der Waals surface area contributed by atoms with Gasteiger partial charge in [0, 0.05) is 18.7 Å². The third kappa shape index (κ3) is 2.73. The number of nitrogens with one attached hydrogen (secondary N) is 1. The molecule has 1 saturated heterocycles. The SMILES string of the molecule is CCc1c(NN)ncnc1N1CCC(C(F)(F)F)C1. The third-order valence-electron chi connectivity index (χ3n) is 3.36. The molecule has 19 heavy (non-hydrogen) atoms. The van der Waals surface area contributed by atoms with Crippen LogP contribution in [0.2, 0.25) is 0 Å². The van der Waals surface area contributed by atoms with Gasteiger partial charge in [-0.25, -0.2) is 15.8 Å². The molecule has 1 atom stereocenters. The molecule has 1 aliphatic heterocycles. The Kier molecular flexibility index (Phi) is 3.79. The van der Waals surface area contributed by atoms with Gasteiger partial charge in [0.15, 0.2) is 0 Å². The van der Waals surface area contributed by atoms with Crippen LogP contribution in [-0.2, 0) is 6.42 Å². The van der Waals surface area contributed by atoms with Gasteiger partial charge in [-0.1, -0.05) is 6.92 Å². The Bertz CT molecular complexity index is 448. The second kappa shape index (κ2) is 5.20. The zero-order valence-corrected chi connectivity index (χ0v) is 10.5. The van der Waals surface area contributed by atoms with Crippen LogP contribution in [0.15, 0.2) is 6.33 Å². The normalized spacial score (nSPS) is 19.8. The lowest BCUT2D eigenvalue weighted by molar-refractivity contribution is -0.168. The molecule has 3 N–H and O–H groups in total. The number of halogens is 3. The average Bonchev–Trinajstić information content (AvgIpc) is 2.86. The first-order valence-corrected chi connectivity index (χ1v) is 6.09. The summed E-state index contributed by atoms with van der Waals surface area (Å²) in [6.45, 7) is 2.18. The van der Waals surface area contributed by atoms with Crippen LogP contribution in [0.4, 0.5) is 24.8 Å². The first kappa shape index (κ1) is 13.9. The number of hydrogen-bond donors (Lipinski definition) is 2. The summed E-state index contributed by atoms with van der Waals surface area (Å²) in [4.78, 5) is 9.73. The summed E-state index contributed by atoms with van der Waals surface area (Å²) in [5.74, 6) is 5.06. The van der Waals surface area contributed by atoms with Gasteiger partial charge in [-0.2, -0.15) is 13.2 Å². The van der Waals surface area contributed by atoms with E-state index in [0.29, 0.717) is 24.6 Å². The van der Waals surface area contributed by atoms with Crippen LogP contribution in [0.3, 0.4) is 0 Å². The van der Waals surface area contributed by atoms with E-state index in [1.54, 1.807) is 4.90 Å². The van der Waals surface area contributed by atoms with Gasteiger partial charge in [0.25, 0.3) is 0 Å². The van der Waals surface area contributed by atoms with Gasteiger partial charge in [0.05, 0.1) is 5.92 Å². The molecule has 1 unspecified atom stereocenters. The van der Waals surface area contributed by atoms with Crippen molar-refractivity contribution in [1.29, 1.82) is 0 Å². The highest BCUT2D eigenvalue weighted by molar-refractivity contribution is 5.58. The number of hydrogen-bond acceptors (Lipinski definition) is 5. The average molecular weight is 275 g/mol. The highest BCUT2D eigenvalue weighted by atomic mass is 19.4. The largest absolute Gasteiger partial charge is 0.393 e. The summed E-state index contributed by atoms with van der Waals surface area (Å²) in [7, 11) is 0. The minimum Gasteiger partial charge on any atom is -0.356 e. The number of nitrogens with zero attached hydrogens (tertiary/aromatic N) is 3. The Hall–Kier alpha value is -1.57. The smallest absolute Gasteiger partial charge is 0.356 e. The summed E-state index contributed by atoms with van der Waals surface area (Å²) < 4.78 is 38.1.